The third-order valence-corrected chi connectivity index (χ3v) is 6.12. The lowest BCUT2D eigenvalue weighted by Crippen LogP contribution is -2.29. The smallest absolute Gasteiger partial charge is 0.188 e. The molecule has 4 nitrogen and oxygen atoms in total. The van der Waals surface area contributed by atoms with Gasteiger partial charge in [0.1, 0.15) is 5.15 Å². The number of hydrogen-bond acceptors (Lipinski definition) is 5. The van der Waals surface area contributed by atoms with Gasteiger partial charge in [0.25, 0.3) is 0 Å². The van der Waals surface area contributed by atoms with E-state index in [0.717, 1.165) is 15.6 Å². The Morgan fingerprint density at radius 1 is 1.28 bits per heavy atom. The third-order valence-electron chi connectivity index (χ3n) is 4.77. The highest BCUT2D eigenvalue weighted by Gasteiger charge is 2.47. The first-order chi connectivity index (χ1) is 11.7. The third kappa shape index (κ3) is 3.47. The predicted molar refractivity (Wildman–Crippen MR) is 104 cm³/mol. The van der Waals surface area contributed by atoms with Crippen molar-refractivity contribution in [3.8, 4) is 0 Å². The summed E-state index contributed by atoms with van der Waals surface area (Å²) in [6.07, 6.45) is 2.73. The molecular formula is C18H20BrClN2O2S. The molecule has 0 fully saturated rings. The number of thioether (sulfide) groups is 1. The van der Waals surface area contributed by atoms with Crippen LogP contribution in [0.15, 0.2) is 27.8 Å². The second-order valence-electron chi connectivity index (χ2n) is 7.04. The first kappa shape index (κ1) is 19.1. The van der Waals surface area contributed by atoms with Gasteiger partial charge in [-0.25, -0.2) is 9.97 Å². The van der Waals surface area contributed by atoms with Gasteiger partial charge in [-0.15, -0.1) is 0 Å². The minimum absolute atomic E-state index is 0.149. The summed E-state index contributed by atoms with van der Waals surface area (Å²) >= 11 is 11.1. The zero-order chi connectivity index (χ0) is 18.4. The fourth-order valence-electron chi connectivity index (χ4n) is 3.72. The van der Waals surface area contributed by atoms with E-state index in [1.54, 1.807) is 0 Å². The van der Waals surface area contributed by atoms with Crippen LogP contribution >= 0.6 is 39.3 Å². The minimum atomic E-state index is -1.07. The van der Waals surface area contributed by atoms with Crippen molar-refractivity contribution in [2.24, 2.45) is 0 Å². The van der Waals surface area contributed by atoms with Gasteiger partial charge in [0.15, 0.2) is 5.16 Å². The molecule has 0 aliphatic heterocycles. The van der Waals surface area contributed by atoms with Crippen LogP contribution in [0.4, 0.5) is 0 Å². The molecule has 0 amide bonds. The highest BCUT2D eigenvalue weighted by atomic mass is 79.9. The quantitative estimate of drug-likeness (QED) is 0.421. The number of aliphatic hydroxyl groups is 2. The van der Waals surface area contributed by atoms with Crippen molar-refractivity contribution in [3.05, 3.63) is 50.2 Å². The van der Waals surface area contributed by atoms with E-state index in [0.29, 0.717) is 22.8 Å². The summed E-state index contributed by atoms with van der Waals surface area (Å²) in [7, 11) is 0. The fraction of sp³-hybridized carbons (Fsp3) is 0.444. The standard InChI is InChI=1S/C18H20BrClN2O2S/c1-17(2)9-18(24,13-6-10(19)4-5-12(13)17)7-14-11(8-23)15(20)22-16(21-14)25-3/h4-6,23-24H,7-9H2,1-3H3. The molecule has 0 saturated carbocycles. The molecule has 134 valence electrons. The molecule has 2 N–H and O–H groups in total. The van der Waals surface area contributed by atoms with Crippen molar-refractivity contribution in [1.82, 2.24) is 9.97 Å². The number of halogens is 2. The lowest BCUT2D eigenvalue weighted by Gasteiger charge is -2.27. The number of aliphatic hydroxyl groups excluding tert-OH is 1. The van der Waals surface area contributed by atoms with Crippen LogP contribution < -0.4 is 0 Å². The zero-order valence-electron chi connectivity index (χ0n) is 14.3. The number of benzene rings is 1. The topological polar surface area (TPSA) is 66.2 Å². The van der Waals surface area contributed by atoms with E-state index < -0.39 is 5.60 Å². The van der Waals surface area contributed by atoms with Gasteiger partial charge < -0.3 is 10.2 Å². The molecule has 0 bridgehead atoms. The number of hydrogen-bond donors (Lipinski definition) is 2. The number of rotatable bonds is 4. The summed E-state index contributed by atoms with van der Waals surface area (Å²) in [5.41, 5.74) is 1.89. The lowest BCUT2D eigenvalue weighted by molar-refractivity contribution is 0.0244. The molecule has 3 rings (SSSR count). The summed E-state index contributed by atoms with van der Waals surface area (Å²) < 4.78 is 0.926. The zero-order valence-corrected chi connectivity index (χ0v) is 17.5. The van der Waals surface area contributed by atoms with Crippen molar-refractivity contribution in [2.75, 3.05) is 6.26 Å². The largest absolute Gasteiger partial charge is 0.391 e. The molecule has 1 aromatic heterocycles. The average Bonchev–Trinajstić information content (AvgIpc) is 2.72. The van der Waals surface area contributed by atoms with Gasteiger partial charge in [0.05, 0.1) is 17.9 Å². The van der Waals surface area contributed by atoms with Gasteiger partial charge in [-0.1, -0.05) is 59.2 Å². The van der Waals surface area contributed by atoms with E-state index in [1.807, 2.05) is 18.4 Å². The minimum Gasteiger partial charge on any atom is -0.391 e. The Labute approximate surface area is 165 Å². The molecule has 1 heterocycles. The van der Waals surface area contributed by atoms with Gasteiger partial charge in [-0.2, -0.15) is 0 Å². The Hall–Kier alpha value is -0.660. The number of nitrogens with zero attached hydrogens (tertiary/aromatic N) is 2. The molecule has 1 unspecified atom stereocenters. The summed E-state index contributed by atoms with van der Waals surface area (Å²) in [5.74, 6) is 0. The van der Waals surface area contributed by atoms with Gasteiger partial charge >= 0.3 is 0 Å². The van der Waals surface area contributed by atoms with E-state index in [9.17, 15) is 10.2 Å². The maximum atomic E-state index is 11.5. The molecule has 0 saturated heterocycles. The molecule has 25 heavy (non-hydrogen) atoms. The Morgan fingerprint density at radius 2 is 2.00 bits per heavy atom. The number of fused-ring (bicyclic) bond motifs is 1. The Bertz CT molecular complexity index is 831. The van der Waals surface area contributed by atoms with E-state index in [-0.39, 0.29) is 23.6 Å². The van der Waals surface area contributed by atoms with Crippen LogP contribution in [0.1, 0.15) is 42.7 Å². The maximum absolute atomic E-state index is 11.5. The molecule has 1 aliphatic rings. The van der Waals surface area contributed by atoms with Crippen LogP contribution in [0.3, 0.4) is 0 Å². The van der Waals surface area contributed by atoms with Crippen molar-refractivity contribution in [1.29, 1.82) is 0 Å². The average molecular weight is 444 g/mol. The van der Waals surface area contributed by atoms with Gasteiger partial charge in [-0.05, 0) is 41.4 Å². The highest BCUT2D eigenvalue weighted by molar-refractivity contribution is 9.10. The molecule has 1 aromatic carbocycles. The molecule has 2 aromatic rings. The van der Waals surface area contributed by atoms with Gasteiger partial charge in [0, 0.05) is 16.5 Å². The lowest BCUT2D eigenvalue weighted by atomic mass is 9.84. The van der Waals surface area contributed by atoms with Crippen LogP contribution in [-0.2, 0) is 24.0 Å². The van der Waals surface area contributed by atoms with Crippen molar-refractivity contribution >= 4 is 39.3 Å². The molecule has 1 atom stereocenters. The van der Waals surface area contributed by atoms with Crippen LogP contribution in [0, 0.1) is 0 Å². The van der Waals surface area contributed by atoms with E-state index in [2.05, 4.69) is 45.8 Å². The van der Waals surface area contributed by atoms with Crippen LogP contribution in [0.5, 0.6) is 0 Å². The van der Waals surface area contributed by atoms with Crippen molar-refractivity contribution in [2.45, 2.75) is 49.5 Å². The summed E-state index contributed by atoms with van der Waals surface area (Å²) in [6, 6.07) is 6.03. The van der Waals surface area contributed by atoms with E-state index in [1.165, 1.54) is 11.8 Å². The summed E-state index contributed by atoms with van der Waals surface area (Å²) in [4.78, 5) is 8.69. The van der Waals surface area contributed by atoms with Gasteiger partial charge in [0.2, 0.25) is 0 Å². The molecule has 0 spiro atoms. The highest BCUT2D eigenvalue weighted by Crippen LogP contribution is 2.50. The second-order valence-corrected chi connectivity index (χ2v) is 9.09. The maximum Gasteiger partial charge on any atom is 0.188 e. The van der Waals surface area contributed by atoms with E-state index in [4.69, 9.17) is 11.6 Å². The first-order valence-electron chi connectivity index (χ1n) is 7.93. The molecule has 1 aliphatic carbocycles. The van der Waals surface area contributed by atoms with Crippen LogP contribution in [-0.4, -0.2) is 26.4 Å². The van der Waals surface area contributed by atoms with Gasteiger partial charge in [-0.3, -0.25) is 0 Å². The van der Waals surface area contributed by atoms with Crippen LogP contribution in [0.2, 0.25) is 5.15 Å². The monoisotopic (exact) mass is 442 g/mol. The van der Waals surface area contributed by atoms with E-state index >= 15 is 0 Å². The van der Waals surface area contributed by atoms with Crippen molar-refractivity contribution in [3.63, 3.8) is 0 Å². The Kier molecular flexibility index (Phi) is 5.21. The van der Waals surface area contributed by atoms with Crippen molar-refractivity contribution < 1.29 is 10.2 Å². The van der Waals surface area contributed by atoms with Crippen LogP contribution in [0.25, 0.3) is 0 Å². The Balaban J connectivity index is 2.10. The molecule has 0 radical (unpaired) electrons. The predicted octanol–water partition coefficient (Wildman–Crippen LogP) is 4.22. The SMILES string of the molecule is CSc1nc(Cl)c(CO)c(CC2(O)CC(C)(C)c3ccc(Br)cc32)n1. The molecular weight excluding hydrogens is 424 g/mol. The summed E-state index contributed by atoms with van der Waals surface area (Å²) in [6.45, 7) is 4.00. The fourth-order valence-corrected chi connectivity index (χ4v) is 4.76. The Morgan fingerprint density at radius 3 is 2.64 bits per heavy atom. The summed E-state index contributed by atoms with van der Waals surface area (Å²) in [5, 5.41) is 22.0. The normalized spacial score (nSPS) is 21.4. The molecule has 7 heteroatoms. The second kappa shape index (κ2) is 6.82. The number of aromatic nitrogens is 2. The first-order valence-corrected chi connectivity index (χ1v) is 10.3.